The van der Waals surface area contributed by atoms with Crippen LogP contribution >= 0.6 is 0 Å². The molecule has 1 aliphatic rings. The van der Waals surface area contributed by atoms with Gasteiger partial charge in [-0.25, -0.2) is 4.79 Å². The summed E-state index contributed by atoms with van der Waals surface area (Å²) in [6.45, 7) is 5.69. The van der Waals surface area contributed by atoms with Gasteiger partial charge in [0.1, 0.15) is 0 Å². The Labute approximate surface area is 137 Å². The molecular formula is C17H25N3O3. The van der Waals surface area contributed by atoms with Crippen LogP contribution in [0.15, 0.2) is 18.2 Å². The lowest BCUT2D eigenvalue weighted by Crippen LogP contribution is -2.37. The monoisotopic (exact) mass is 319 g/mol. The minimum atomic E-state index is -0.142. The summed E-state index contributed by atoms with van der Waals surface area (Å²) in [5, 5.41) is 5.71. The maximum absolute atomic E-state index is 12.3. The first-order valence-electron chi connectivity index (χ1n) is 7.98. The van der Waals surface area contributed by atoms with Crippen molar-refractivity contribution in [2.45, 2.75) is 32.7 Å². The van der Waals surface area contributed by atoms with Crippen molar-refractivity contribution in [1.82, 2.24) is 10.2 Å². The highest BCUT2D eigenvalue weighted by Crippen LogP contribution is 2.21. The molecule has 6 heteroatoms. The largest absolute Gasteiger partial charge is 0.383 e. The zero-order valence-electron chi connectivity index (χ0n) is 14.0. The molecular weight excluding hydrogens is 294 g/mol. The fraction of sp³-hybridized carbons (Fsp3) is 0.529. The van der Waals surface area contributed by atoms with Crippen molar-refractivity contribution in [3.8, 4) is 0 Å². The van der Waals surface area contributed by atoms with Crippen molar-refractivity contribution < 1.29 is 14.3 Å². The Morgan fingerprint density at radius 2 is 2.17 bits per heavy atom. The predicted octanol–water partition coefficient (Wildman–Crippen LogP) is 2.39. The third-order valence-electron chi connectivity index (χ3n) is 4.14. The van der Waals surface area contributed by atoms with Gasteiger partial charge in [-0.05, 0) is 50.5 Å². The quantitative estimate of drug-likeness (QED) is 0.819. The van der Waals surface area contributed by atoms with Gasteiger partial charge in [0, 0.05) is 37.5 Å². The molecule has 0 spiro atoms. The molecule has 1 heterocycles. The summed E-state index contributed by atoms with van der Waals surface area (Å²) < 4.78 is 4.91. The standard InChI is InChI=1S/C17H25N3O3/c1-12-11-14(16(21)18-8-10-23-3)6-7-15(12)19-17(22)20-9-4-5-13(20)2/h6-7,11,13H,4-5,8-10H2,1-3H3,(H,18,21)(H,19,22)/t13-/m0/s1. The first-order chi connectivity index (χ1) is 11.0. The molecule has 0 radical (unpaired) electrons. The zero-order chi connectivity index (χ0) is 16.8. The van der Waals surface area contributed by atoms with Gasteiger partial charge in [-0.15, -0.1) is 0 Å². The van der Waals surface area contributed by atoms with E-state index in [2.05, 4.69) is 17.6 Å². The number of likely N-dealkylation sites (tertiary alicyclic amines) is 1. The molecule has 0 unspecified atom stereocenters. The van der Waals surface area contributed by atoms with E-state index < -0.39 is 0 Å². The Morgan fingerprint density at radius 3 is 2.78 bits per heavy atom. The van der Waals surface area contributed by atoms with Crippen LogP contribution in [0.1, 0.15) is 35.7 Å². The van der Waals surface area contributed by atoms with Crippen molar-refractivity contribution in [2.75, 3.05) is 32.1 Å². The molecule has 0 bridgehead atoms. The van der Waals surface area contributed by atoms with Crippen LogP contribution in [0.2, 0.25) is 0 Å². The van der Waals surface area contributed by atoms with Gasteiger partial charge in [0.25, 0.3) is 5.91 Å². The average Bonchev–Trinajstić information content (AvgIpc) is 2.95. The van der Waals surface area contributed by atoms with Gasteiger partial charge < -0.3 is 20.3 Å². The normalized spacial score (nSPS) is 17.2. The second-order valence-electron chi connectivity index (χ2n) is 5.89. The number of benzene rings is 1. The number of anilines is 1. The van der Waals surface area contributed by atoms with Gasteiger partial charge in [-0.2, -0.15) is 0 Å². The number of urea groups is 1. The Kier molecular flexibility index (Phi) is 5.98. The number of hydrogen-bond donors (Lipinski definition) is 2. The van der Waals surface area contributed by atoms with Gasteiger partial charge >= 0.3 is 6.03 Å². The number of aryl methyl sites for hydroxylation is 1. The summed E-state index contributed by atoms with van der Waals surface area (Å²) in [7, 11) is 1.59. The van der Waals surface area contributed by atoms with E-state index in [0.717, 1.165) is 30.6 Å². The summed E-state index contributed by atoms with van der Waals surface area (Å²) in [5.41, 5.74) is 2.18. The number of hydrogen-bond acceptors (Lipinski definition) is 3. The van der Waals surface area contributed by atoms with E-state index in [1.165, 1.54) is 0 Å². The van der Waals surface area contributed by atoms with Crippen LogP contribution in [-0.2, 0) is 4.74 Å². The number of ether oxygens (including phenoxy) is 1. The lowest BCUT2D eigenvalue weighted by atomic mass is 10.1. The summed E-state index contributed by atoms with van der Waals surface area (Å²) in [4.78, 5) is 26.1. The van der Waals surface area contributed by atoms with Crippen molar-refractivity contribution in [3.05, 3.63) is 29.3 Å². The van der Waals surface area contributed by atoms with E-state index in [4.69, 9.17) is 4.74 Å². The number of rotatable bonds is 5. The Bertz CT molecular complexity index is 574. The summed E-state index contributed by atoms with van der Waals surface area (Å²) >= 11 is 0. The van der Waals surface area contributed by atoms with Crippen LogP contribution in [0, 0.1) is 6.92 Å². The maximum atomic E-state index is 12.3. The van der Waals surface area contributed by atoms with Crippen LogP contribution in [0.4, 0.5) is 10.5 Å². The molecule has 3 amide bonds. The van der Waals surface area contributed by atoms with Crippen molar-refractivity contribution in [3.63, 3.8) is 0 Å². The fourth-order valence-corrected chi connectivity index (χ4v) is 2.74. The number of nitrogens with zero attached hydrogens (tertiary/aromatic N) is 1. The van der Waals surface area contributed by atoms with E-state index in [0.29, 0.717) is 18.7 Å². The molecule has 0 aromatic heterocycles. The van der Waals surface area contributed by atoms with E-state index >= 15 is 0 Å². The minimum Gasteiger partial charge on any atom is -0.383 e. The second kappa shape index (κ2) is 7.97. The second-order valence-corrected chi connectivity index (χ2v) is 5.89. The van der Waals surface area contributed by atoms with E-state index in [1.54, 1.807) is 25.3 Å². The molecule has 23 heavy (non-hydrogen) atoms. The number of carbonyl (C=O) groups is 2. The number of nitrogens with one attached hydrogen (secondary N) is 2. The minimum absolute atomic E-state index is 0.0737. The topological polar surface area (TPSA) is 70.7 Å². The third kappa shape index (κ3) is 4.45. The van der Waals surface area contributed by atoms with Crippen LogP contribution in [0.25, 0.3) is 0 Å². The van der Waals surface area contributed by atoms with Gasteiger partial charge in [0.2, 0.25) is 0 Å². The maximum Gasteiger partial charge on any atom is 0.322 e. The highest BCUT2D eigenvalue weighted by atomic mass is 16.5. The first kappa shape index (κ1) is 17.3. The molecule has 126 valence electrons. The van der Waals surface area contributed by atoms with Crippen molar-refractivity contribution >= 4 is 17.6 Å². The van der Waals surface area contributed by atoms with Crippen LogP contribution in [-0.4, -0.2) is 49.7 Å². The highest BCUT2D eigenvalue weighted by molar-refractivity contribution is 5.96. The molecule has 2 rings (SSSR count). The zero-order valence-corrected chi connectivity index (χ0v) is 14.0. The lowest BCUT2D eigenvalue weighted by molar-refractivity contribution is 0.0937. The smallest absolute Gasteiger partial charge is 0.322 e. The Hall–Kier alpha value is -2.08. The molecule has 1 atom stereocenters. The highest BCUT2D eigenvalue weighted by Gasteiger charge is 2.25. The molecule has 1 fully saturated rings. The number of methoxy groups -OCH3 is 1. The fourth-order valence-electron chi connectivity index (χ4n) is 2.74. The summed E-state index contributed by atoms with van der Waals surface area (Å²) in [6.07, 6.45) is 2.10. The van der Waals surface area contributed by atoms with Gasteiger partial charge in [-0.3, -0.25) is 4.79 Å². The molecule has 6 nitrogen and oxygen atoms in total. The Balaban J connectivity index is 1.99. The van der Waals surface area contributed by atoms with Crippen LogP contribution in [0.5, 0.6) is 0 Å². The van der Waals surface area contributed by atoms with Gasteiger partial charge in [-0.1, -0.05) is 0 Å². The van der Waals surface area contributed by atoms with Crippen LogP contribution < -0.4 is 10.6 Å². The van der Waals surface area contributed by atoms with Gasteiger partial charge in [0.05, 0.1) is 6.61 Å². The van der Waals surface area contributed by atoms with Crippen molar-refractivity contribution in [1.29, 1.82) is 0 Å². The summed E-state index contributed by atoms with van der Waals surface area (Å²) in [5.74, 6) is -0.142. The lowest BCUT2D eigenvalue weighted by Gasteiger charge is -2.22. The molecule has 1 aliphatic heterocycles. The van der Waals surface area contributed by atoms with E-state index in [-0.39, 0.29) is 18.0 Å². The number of amides is 3. The van der Waals surface area contributed by atoms with E-state index in [9.17, 15) is 9.59 Å². The average molecular weight is 319 g/mol. The SMILES string of the molecule is COCCNC(=O)c1ccc(NC(=O)N2CCC[C@@H]2C)c(C)c1. The first-order valence-corrected chi connectivity index (χ1v) is 7.98. The third-order valence-corrected chi connectivity index (χ3v) is 4.14. The molecule has 1 aromatic rings. The summed E-state index contributed by atoms with van der Waals surface area (Å²) in [6, 6.07) is 5.49. The van der Waals surface area contributed by atoms with Crippen LogP contribution in [0.3, 0.4) is 0 Å². The number of carbonyl (C=O) groups excluding carboxylic acids is 2. The van der Waals surface area contributed by atoms with E-state index in [1.807, 2.05) is 11.8 Å². The molecule has 1 saturated heterocycles. The molecule has 0 saturated carbocycles. The predicted molar refractivity (Wildman–Crippen MR) is 89.8 cm³/mol. The molecule has 2 N–H and O–H groups in total. The molecule has 0 aliphatic carbocycles. The van der Waals surface area contributed by atoms with Gasteiger partial charge in [0.15, 0.2) is 0 Å². The Morgan fingerprint density at radius 1 is 1.39 bits per heavy atom. The van der Waals surface area contributed by atoms with Crippen molar-refractivity contribution in [2.24, 2.45) is 0 Å². The molecule has 1 aromatic carbocycles.